The summed E-state index contributed by atoms with van der Waals surface area (Å²) in [6.07, 6.45) is 0. The molecule has 1 heterocycles. The Morgan fingerprint density at radius 1 is 1.43 bits per heavy atom. The average Bonchev–Trinajstić information content (AvgIpc) is 2.34. The maximum absolute atomic E-state index is 5.51. The first-order chi connectivity index (χ1) is 6.56. The van der Waals surface area contributed by atoms with Crippen LogP contribution in [0.25, 0.3) is 0 Å². The standard InChI is InChI=1S/C11H21N3/c1-9-7-11(10(2)14(9)4)8-13(3)6-5-12/h7H,5-6,8,12H2,1-4H3. The first kappa shape index (κ1) is 11.3. The van der Waals surface area contributed by atoms with E-state index in [-0.39, 0.29) is 0 Å². The molecule has 0 saturated carbocycles. The van der Waals surface area contributed by atoms with Crippen molar-refractivity contribution in [3.8, 4) is 0 Å². The third-order valence-electron chi connectivity index (χ3n) is 2.83. The van der Waals surface area contributed by atoms with Crippen LogP contribution < -0.4 is 5.73 Å². The molecule has 0 saturated heterocycles. The molecule has 0 bridgehead atoms. The summed E-state index contributed by atoms with van der Waals surface area (Å²) in [7, 11) is 4.21. The van der Waals surface area contributed by atoms with E-state index in [4.69, 9.17) is 5.73 Å². The van der Waals surface area contributed by atoms with Gasteiger partial charge in [-0.15, -0.1) is 0 Å². The molecule has 1 aromatic heterocycles. The predicted molar refractivity (Wildman–Crippen MR) is 60.3 cm³/mol. The Labute approximate surface area is 86.5 Å². The van der Waals surface area contributed by atoms with Crippen LogP contribution in [-0.2, 0) is 13.6 Å². The van der Waals surface area contributed by atoms with Crippen molar-refractivity contribution in [2.75, 3.05) is 20.1 Å². The molecule has 2 N–H and O–H groups in total. The van der Waals surface area contributed by atoms with Crippen LogP contribution in [0.15, 0.2) is 6.07 Å². The monoisotopic (exact) mass is 195 g/mol. The van der Waals surface area contributed by atoms with E-state index in [9.17, 15) is 0 Å². The average molecular weight is 195 g/mol. The van der Waals surface area contributed by atoms with Gasteiger partial charge in [0, 0.05) is 38.1 Å². The van der Waals surface area contributed by atoms with Gasteiger partial charge in [0.05, 0.1) is 0 Å². The minimum Gasteiger partial charge on any atom is -0.352 e. The van der Waals surface area contributed by atoms with Crippen molar-refractivity contribution in [3.05, 3.63) is 23.0 Å². The Morgan fingerprint density at radius 3 is 2.50 bits per heavy atom. The number of nitrogens with two attached hydrogens (primary N) is 1. The van der Waals surface area contributed by atoms with Gasteiger partial charge in [-0.05, 0) is 32.5 Å². The molecule has 0 aliphatic heterocycles. The van der Waals surface area contributed by atoms with E-state index in [1.165, 1.54) is 17.0 Å². The lowest BCUT2D eigenvalue weighted by atomic mass is 10.2. The SMILES string of the molecule is Cc1cc(CN(C)CCN)c(C)n1C. The summed E-state index contributed by atoms with van der Waals surface area (Å²) >= 11 is 0. The van der Waals surface area contributed by atoms with Crippen LogP contribution in [0.5, 0.6) is 0 Å². The third-order valence-corrected chi connectivity index (χ3v) is 2.83. The summed E-state index contributed by atoms with van der Waals surface area (Å²) in [6, 6.07) is 2.25. The van der Waals surface area contributed by atoms with Crippen molar-refractivity contribution < 1.29 is 0 Å². The maximum Gasteiger partial charge on any atom is 0.0249 e. The molecule has 3 heteroatoms. The van der Waals surface area contributed by atoms with Crippen molar-refractivity contribution in [1.82, 2.24) is 9.47 Å². The van der Waals surface area contributed by atoms with E-state index in [2.05, 4.69) is 43.5 Å². The lowest BCUT2D eigenvalue weighted by Crippen LogP contribution is -2.25. The molecule has 1 rings (SSSR count). The van der Waals surface area contributed by atoms with E-state index < -0.39 is 0 Å². The van der Waals surface area contributed by atoms with Crippen LogP contribution in [0.4, 0.5) is 0 Å². The molecule has 0 aliphatic carbocycles. The number of hydrogen-bond acceptors (Lipinski definition) is 2. The van der Waals surface area contributed by atoms with Gasteiger partial charge in [0.25, 0.3) is 0 Å². The number of likely N-dealkylation sites (N-methyl/N-ethyl adjacent to an activating group) is 1. The Balaban J connectivity index is 2.72. The van der Waals surface area contributed by atoms with Crippen LogP contribution in [0.1, 0.15) is 17.0 Å². The van der Waals surface area contributed by atoms with Gasteiger partial charge >= 0.3 is 0 Å². The summed E-state index contributed by atoms with van der Waals surface area (Å²) in [5.74, 6) is 0. The molecule has 80 valence electrons. The lowest BCUT2D eigenvalue weighted by molar-refractivity contribution is 0.335. The molecule has 0 fully saturated rings. The van der Waals surface area contributed by atoms with Gasteiger partial charge in [-0.2, -0.15) is 0 Å². The second-order valence-corrected chi connectivity index (χ2v) is 3.98. The smallest absolute Gasteiger partial charge is 0.0249 e. The van der Waals surface area contributed by atoms with Crippen molar-refractivity contribution >= 4 is 0 Å². The first-order valence-electron chi connectivity index (χ1n) is 5.06. The van der Waals surface area contributed by atoms with Crippen LogP contribution >= 0.6 is 0 Å². The minimum atomic E-state index is 0.724. The minimum absolute atomic E-state index is 0.724. The van der Waals surface area contributed by atoms with Crippen molar-refractivity contribution in [3.63, 3.8) is 0 Å². The van der Waals surface area contributed by atoms with Gasteiger partial charge in [0.2, 0.25) is 0 Å². The number of aromatic nitrogens is 1. The summed E-state index contributed by atoms with van der Waals surface area (Å²) in [5, 5.41) is 0. The molecular formula is C11H21N3. The highest BCUT2D eigenvalue weighted by Gasteiger charge is 2.07. The van der Waals surface area contributed by atoms with Crippen LogP contribution in [0.2, 0.25) is 0 Å². The van der Waals surface area contributed by atoms with Crippen LogP contribution in [0, 0.1) is 13.8 Å². The summed E-state index contributed by atoms with van der Waals surface area (Å²) < 4.78 is 2.23. The largest absolute Gasteiger partial charge is 0.352 e. The molecule has 14 heavy (non-hydrogen) atoms. The molecule has 0 unspecified atom stereocenters. The molecule has 3 nitrogen and oxygen atoms in total. The quantitative estimate of drug-likeness (QED) is 0.778. The Bertz CT molecular complexity index is 302. The first-order valence-corrected chi connectivity index (χ1v) is 5.06. The highest BCUT2D eigenvalue weighted by molar-refractivity contribution is 5.26. The van der Waals surface area contributed by atoms with Crippen LogP contribution in [0.3, 0.4) is 0 Å². The normalized spacial score (nSPS) is 11.3. The highest BCUT2D eigenvalue weighted by Crippen LogP contribution is 2.14. The van der Waals surface area contributed by atoms with Gasteiger partial charge in [-0.3, -0.25) is 0 Å². The topological polar surface area (TPSA) is 34.2 Å². The number of nitrogens with zero attached hydrogens (tertiary/aromatic N) is 2. The van der Waals surface area contributed by atoms with Crippen molar-refractivity contribution in [1.29, 1.82) is 0 Å². The molecular weight excluding hydrogens is 174 g/mol. The fourth-order valence-corrected chi connectivity index (χ4v) is 1.68. The summed E-state index contributed by atoms with van der Waals surface area (Å²) in [5.41, 5.74) is 9.58. The second-order valence-electron chi connectivity index (χ2n) is 3.98. The number of hydrogen-bond donors (Lipinski definition) is 1. The number of aryl methyl sites for hydroxylation is 1. The summed E-state index contributed by atoms with van der Waals surface area (Å²) in [6.45, 7) is 6.97. The summed E-state index contributed by atoms with van der Waals surface area (Å²) in [4.78, 5) is 2.25. The van der Waals surface area contributed by atoms with E-state index in [1.807, 2.05) is 0 Å². The van der Waals surface area contributed by atoms with E-state index in [0.717, 1.165) is 19.6 Å². The molecule has 0 atom stereocenters. The maximum atomic E-state index is 5.51. The zero-order chi connectivity index (χ0) is 10.7. The number of rotatable bonds is 4. The molecule has 0 spiro atoms. The van der Waals surface area contributed by atoms with Gasteiger partial charge < -0.3 is 15.2 Å². The van der Waals surface area contributed by atoms with Gasteiger partial charge in [0.1, 0.15) is 0 Å². The third kappa shape index (κ3) is 2.36. The lowest BCUT2D eigenvalue weighted by Gasteiger charge is -2.15. The highest BCUT2D eigenvalue weighted by atomic mass is 15.1. The Morgan fingerprint density at radius 2 is 2.07 bits per heavy atom. The molecule has 0 radical (unpaired) electrons. The van der Waals surface area contributed by atoms with E-state index in [0.29, 0.717) is 0 Å². The predicted octanol–water partition coefficient (Wildman–Crippen LogP) is 1.03. The fraction of sp³-hybridized carbons (Fsp3) is 0.636. The zero-order valence-corrected chi connectivity index (χ0v) is 9.67. The molecule has 0 aliphatic rings. The van der Waals surface area contributed by atoms with Crippen molar-refractivity contribution in [2.24, 2.45) is 12.8 Å². The van der Waals surface area contributed by atoms with Gasteiger partial charge in [-0.1, -0.05) is 0 Å². The molecule has 1 aromatic rings. The van der Waals surface area contributed by atoms with E-state index >= 15 is 0 Å². The van der Waals surface area contributed by atoms with Crippen molar-refractivity contribution in [2.45, 2.75) is 20.4 Å². The van der Waals surface area contributed by atoms with Crippen LogP contribution in [-0.4, -0.2) is 29.6 Å². The molecule has 0 aromatic carbocycles. The van der Waals surface area contributed by atoms with E-state index in [1.54, 1.807) is 0 Å². The zero-order valence-electron chi connectivity index (χ0n) is 9.67. The molecule has 0 amide bonds. The van der Waals surface area contributed by atoms with Gasteiger partial charge in [0.15, 0.2) is 0 Å². The Kier molecular flexibility index (Phi) is 3.72. The Hall–Kier alpha value is -0.800. The second kappa shape index (κ2) is 4.62. The fourth-order valence-electron chi connectivity index (χ4n) is 1.68. The van der Waals surface area contributed by atoms with Gasteiger partial charge in [-0.25, -0.2) is 0 Å².